The number of nitrogens with one attached hydrogen (secondary N) is 1. The van der Waals surface area contributed by atoms with Crippen molar-refractivity contribution in [3.05, 3.63) is 17.8 Å². The fraction of sp³-hybridized carbons (Fsp3) is 0.500. The van der Waals surface area contributed by atoms with Crippen LogP contribution in [-0.4, -0.2) is 45.9 Å². The molecule has 21 heavy (non-hydrogen) atoms. The predicted molar refractivity (Wildman–Crippen MR) is 83.1 cm³/mol. The minimum absolute atomic E-state index is 0.290. The number of aromatic nitrogens is 4. The Labute approximate surface area is 124 Å². The fourth-order valence-electron chi connectivity index (χ4n) is 2.64. The lowest BCUT2D eigenvalue weighted by molar-refractivity contribution is 0.616. The number of nitrogens with two attached hydrogens (primary N) is 1. The maximum absolute atomic E-state index is 5.88. The number of likely N-dealkylation sites (N-methyl/N-ethyl adjacent to an activating group) is 1. The maximum atomic E-state index is 5.88. The summed E-state index contributed by atoms with van der Waals surface area (Å²) in [5.74, 6) is 1.16. The molecule has 0 amide bonds. The number of hydrogen-bond donors (Lipinski definition) is 2. The molecule has 1 atom stereocenters. The Morgan fingerprint density at radius 1 is 1.29 bits per heavy atom. The second-order valence-corrected chi connectivity index (χ2v) is 5.48. The molecule has 3 N–H and O–H groups in total. The van der Waals surface area contributed by atoms with Crippen LogP contribution in [0.15, 0.2) is 12.1 Å². The molecule has 1 aliphatic rings. The Morgan fingerprint density at radius 2 is 2.10 bits per heavy atom. The second-order valence-electron chi connectivity index (χ2n) is 5.48. The summed E-state index contributed by atoms with van der Waals surface area (Å²) in [7, 11) is 3.91. The highest BCUT2D eigenvalue weighted by atomic mass is 15.3. The highest BCUT2D eigenvalue weighted by molar-refractivity contribution is 5.61. The molecule has 1 fully saturated rings. The molecule has 1 saturated heterocycles. The third kappa shape index (κ3) is 2.69. The third-order valence-electron chi connectivity index (χ3n) is 4.03. The zero-order chi connectivity index (χ0) is 15.0. The van der Waals surface area contributed by atoms with Gasteiger partial charge in [-0.2, -0.15) is 10.1 Å². The third-order valence-corrected chi connectivity index (χ3v) is 4.03. The highest BCUT2D eigenvalue weighted by Gasteiger charge is 2.23. The number of hydrogen-bond acceptors (Lipinski definition) is 6. The monoisotopic (exact) mass is 287 g/mol. The van der Waals surface area contributed by atoms with Gasteiger partial charge < -0.3 is 16.0 Å². The smallest absolute Gasteiger partial charge is 0.222 e. The van der Waals surface area contributed by atoms with Crippen molar-refractivity contribution in [3.63, 3.8) is 0 Å². The van der Waals surface area contributed by atoms with Gasteiger partial charge in [-0.25, -0.2) is 4.98 Å². The molecule has 1 aliphatic heterocycles. The summed E-state index contributed by atoms with van der Waals surface area (Å²) in [6.45, 7) is 3.93. The molecule has 112 valence electrons. The Bertz CT molecular complexity index is 629. The summed E-state index contributed by atoms with van der Waals surface area (Å²) < 4.78 is 1.83. The SMILES string of the molecule is CN[C@@H]1CCN(c2cc(-c3cc(C)n(C)n3)nc(N)n2)C1. The van der Waals surface area contributed by atoms with Gasteiger partial charge in [0.05, 0.1) is 5.69 Å². The summed E-state index contributed by atoms with van der Waals surface area (Å²) in [6.07, 6.45) is 1.11. The van der Waals surface area contributed by atoms with Crippen molar-refractivity contribution in [2.24, 2.45) is 7.05 Å². The number of rotatable bonds is 3. The molecule has 0 bridgehead atoms. The molecule has 0 unspecified atom stereocenters. The van der Waals surface area contributed by atoms with E-state index in [1.165, 1.54) is 0 Å². The Morgan fingerprint density at radius 3 is 2.71 bits per heavy atom. The van der Waals surface area contributed by atoms with Crippen LogP contribution in [0.2, 0.25) is 0 Å². The van der Waals surface area contributed by atoms with Gasteiger partial charge in [0.2, 0.25) is 5.95 Å². The number of anilines is 2. The molecule has 3 rings (SSSR count). The fourth-order valence-corrected chi connectivity index (χ4v) is 2.64. The van der Waals surface area contributed by atoms with E-state index in [4.69, 9.17) is 5.73 Å². The van der Waals surface area contributed by atoms with Gasteiger partial charge in [-0.3, -0.25) is 4.68 Å². The van der Waals surface area contributed by atoms with Gasteiger partial charge in [0.1, 0.15) is 11.5 Å². The zero-order valence-electron chi connectivity index (χ0n) is 12.7. The zero-order valence-corrected chi connectivity index (χ0v) is 12.7. The van der Waals surface area contributed by atoms with Crippen molar-refractivity contribution in [1.29, 1.82) is 0 Å². The first-order valence-electron chi connectivity index (χ1n) is 7.14. The molecule has 0 spiro atoms. The number of nitrogen functional groups attached to an aromatic ring is 1. The summed E-state index contributed by atoms with van der Waals surface area (Å²) >= 11 is 0. The lowest BCUT2D eigenvalue weighted by Gasteiger charge is -2.18. The molecule has 3 heterocycles. The van der Waals surface area contributed by atoms with Crippen LogP contribution >= 0.6 is 0 Å². The number of nitrogens with zero attached hydrogens (tertiary/aromatic N) is 5. The van der Waals surface area contributed by atoms with E-state index < -0.39 is 0 Å². The topological polar surface area (TPSA) is 84.9 Å². The van der Waals surface area contributed by atoms with Crippen molar-refractivity contribution in [2.45, 2.75) is 19.4 Å². The largest absolute Gasteiger partial charge is 0.368 e. The van der Waals surface area contributed by atoms with E-state index >= 15 is 0 Å². The average molecular weight is 287 g/mol. The van der Waals surface area contributed by atoms with Crippen LogP contribution in [-0.2, 0) is 7.05 Å². The summed E-state index contributed by atoms with van der Waals surface area (Å²) in [6, 6.07) is 4.48. The number of aryl methyl sites for hydroxylation is 2. The quantitative estimate of drug-likeness (QED) is 0.858. The van der Waals surface area contributed by atoms with Gasteiger partial charge in [-0.15, -0.1) is 0 Å². The Balaban J connectivity index is 1.93. The molecule has 7 heteroatoms. The maximum Gasteiger partial charge on any atom is 0.222 e. The minimum Gasteiger partial charge on any atom is -0.368 e. The predicted octanol–water partition coefficient (Wildman–Crippen LogP) is 0.566. The van der Waals surface area contributed by atoms with Crippen molar-refractivity contribution in [2.75, 3.05) is 30.8 Å². The molecule has 7 nitrogen and oxygen atoms in total. The van der Waals surface area contributed by atoms with Crippen LogP contribution in [0.25, 0.3) is 11.4 Å². The van der Waals surface area contributed by atoms with Gasteiger partial charge in [-0.1, -0.05) is 0 Å². The lowest BCUT2D eigenvalue weighted by Crippen LogP contribution is -2.30. The molecule has 0 aliphatic carbocycles. The van der Waals surface area contributed by atoms with E-state index in [9.17, 15) is 0 Å². The van der Waals surface area contributed by atoms with Crippen molar-refractivity contribution in [3.8, 4) is 11.4 Å². The summed E-state index contributed by atoms with van der Waals surface area (Å²) in [5.41, 5.74) is 8.56. The van der Waals surface area contributed by atoms with Gasteiger partial charge in [0.15, 0.2) is 0 Å². The van der Waals surface area contributed by atoms with E-state index in [0.29, 0.717) is 12.0 Å². The van der Waals surface area contributed by atoms with Crippen LogP contribution < -0.4 is 16.0 Å². The van der Waals surface area contributed by atoms with Crippen LogP contribution in [0.3, 0.4) is 0 Å². The normalized spacial score (nSPS) is 18.4. The molecule has 0 radical (unpaired) electrons. The first-order valence-corrected chi connectivity index (χ1v) is 7.14. The van der Waals surface area contributed by atoms with Gasteiger partial charge >= 0.3 is 0 Å². The molecule has 0 aromatic carbocycles. The first kappa shape index (κ1) is 13.8. The van der Waals surface area contributed by atoms with Crippen LogP contribution in [0.4, 0.5) is 11.8 Å². The highest BCUT2D eigenvalue weighted by Crippen LogP contribution is 2.24. The van der Waals surface area contributed by atoms with Gasteiger partial charge in [0.25, 0.3) is 0 Å². The first-order chi connectivity index (χ1) is 10.1. The lowest BCUT2D eigenvalue weighted by atomic mass is 10.2. The molecular weight excluding hydrogens is 266 g/mol. The molecule has 2 aromatic heterocycles. The minimum atomic E-state index is 0.290. The van der Waals surface area contributed by atoms with E-state index in [2.05, 4.69) is 25.3 Å². The second kappa shape index (κ2) is 5.33. The van der Waals surface area contributed by atoms with Crippen molar-refractivity contribution in [1.82, 2.24) is 25.1 Å². The van der Waals surface area contributed by atoms with E-state index in [1.807, 2.05) is 37.8 Å². The van der Waals surface area contributed by atoms with Crippen LogP contribution in [0, 0.1) is 6.92 Å². The summed E-state index contributed by atoms with van der Waals surface area (Å²) in [5, 5.41) is 7.76. The summed E-state index contributed by atoms with van der Waals surface area (Å²) in [4.78, 5) is 10.9. The van der Waals surface area contributed by atoms with Gasteiger partial charge in [0, 0.05) is 37.9 Å². The van der Waals surface area contributed by atoms with Crippen molar-refractivity contribution >= 4 is 11.8 Å². The molecule has 2 aromatic rings. The van der Waals surface area contributed by atoms with E-state index in [0.717, 1.165) is 42.4 Å². The van der Waals surface area contributed by atoms with Gasteiger partial charge in [-0.05, 0) is 26.5 Å². The van der Waals surface area contributed by atoms with E-state index in [1.54, 1.807) is 0 Å². The van der Waals surface area contributed by atoms with Crippen LogP contribution in [0.1, 0.15) is 12.1 Å². The van der Waals surface area contributed by atoms with E-state index in [-0.39, 0.29) is 0 Å². The average Bonchev–Trinajstić information content (AvgIpc) is 3.06. The Hall–Kier alpha value is -2.15. The Kier molecular flexibility index (Phi) is 3.50. The molecular formula is C14H21N7. The standard InChI is InChI=1S/C14H21N7/c1-9-6-12(19-20(9)3)11-7-13(18-14(15)17-11)21-5-4-10(8-21)16-2/h6-7,10,16H,4-5,8H2,1-3H3,(H2,15,17,18)/t10-/m1/s1. The van der Waals surface area contributed by atoms with Crippen LogP contribution in [0.5, 0.6) is 0 Å². The van der Waals surface area contributed by atoms with Crippen molar-refractivity contribution < 1.29 is 0 Å². The molecule has 0 saturated carbocycles.